The monoisotopic (exact) mass is 475 g/mol. The molecule has 1 aromatic heterocycles. The van der Waals surface area contributed by atoms with Gasteiger partial charge < -0.3 is 24.8 Å². The number of anilines is 2. The van der Waals surface area contributed by atoms with Crippen molar-refractivity contribution in [2.24, 2.45) is 0 Å². The maximum absolute atomic E-state index is 13.5. The van der Waals surface area contributed by atoms with E-state index in [9.17, 15) is 10.0 Å². The average molecular weight is 476 g/mol. The van der Waals surface area contributed by atoms with Crippen molar-refractivity contribution in [3.8, 4) is 11.3 Å². The number of carbonyl (C=O) groups is 1. The van der Waals surface area contributed by atoms with Crippen molar-refractivity contribution in [2.45, 2.75) is 19.9 Å². The Morgan fingerprint density at radius 3 is 2.62 bits per heavy atom. The summed E-state index contributed by atoms with van der Waals surface area (Å²) < 4.78 is 5.36. The van der Waals surface area contributed by atoms with Gasteiger partial charge >= 0.3 is 0 Å². The normalized spacial score (nSPS) is 16.4. The standard InChI is InChI=1S/C22H21Cl2N4O4/c1-13-12-26(19-8-7-15(28(30)31)11-18(19)24)9-10-27(13)22(29)20-14(2)32-25-21(20)16-5-3-4-6-17(16)23/h3-8,11,13,30H,9-10,12H2,1-2H3/q-1. The molecule has 2 heterocycles. The SMILES string of the molecule is Cc1onc(-c2ccccc2Cl)c1C(=O)N1CCN(c2ccc(N([O-])O)cc2Cl)CC1C. The lowest BCUT2D eigenvalue weighted by Crippen LogP contribution is -2.54. The minimum atomic E-state index is -0.229. The highest BCUT2D eigenvalue weighted by molar-refractivity contribution is 6.34. The minimum absolute atomic E-state index is 0.0515. The molecule has 168 valence electrons. The molecule has 8 nitrogen and oxygen atoms in total. The Labute approximate surface area is 195 Å². The molecule has 32 heavy (non-hydrogen) atoms. The van der Waals surface area contributed by atoms with Gasteiger partial charge in [0, 0.05) is 31.2 Å². The smallest absolute Gasteiger partial charge is 0.260 e. The number of carbonyl (C=O) groups excluding carboxylic acids is 1. The van der Waals surface area contributed by atoms with Crippen LogP contribution in [0.4, 0.5) is 11.4 Å². The first kappa shape index (κ1) is 22.4. The van der Waals surface area contributed by atoms with E-state index in [-0.39, 0.29) is 22.9 Å². The third-order valence-electron chi connectivity index (χ3n) is 5.59. The molecule has 10 heteroatoms. The van der Waals surface area contributed by atoms with Gasteiger partial charge in [-0.05, 0) is 38.1 Å². The van der Waals surface area contributed by atoms with E-state index in [1.807, 2.05) is 24.0 Å². The zero-order valence-electron chi connectivity index (χ0n) is 17.5. The van der Waals surface area contributed by atoms with Gasteiger partial charge in [-0.15, -0.1) is 0 Å². The van der Waals surface area contributed by atoms with Crippen molar-refractivity contribution >= 4 is 40.5 Å². The number of aryl methyl sites for hydroxylation is 1. The van der Waals surface area contributed by atoms with Crippen LogP contribution < -0.4 is 10.1 Å². The van der Waals surface area contributed by atoms with Crippen molar-refractivity contribution in [1.82, 2.24) is 10.1 Å². The van der Waals surface area contributed by atoms with Crippen molar-refractivity contribution in [3.05, 3.63) is 69.0 Å². The molecule has 1 unspecified atom stereocenters. The highest BCUT2D eigenvalue weighted by atomic mass is 35.5. The zero-order chi connectivity index (χ0) is 23.0. The predicted molar refractivity (Wildman–Crippen MR) is 123 cm³/mol. The summed E-state index contributed by atoms with van der Waals surface area (Å²) in [4.78, 5) is 17.3. The van der Waals surface area contributed by atoms with E-state index in [0.717, 1.165) is 5.69 Å². The van der Waals surface area contributed by atoms with E-state index in [0.29, 0.717) is 52.3 Å². The Morgan fingerprint density at radius 2 is 1.97 bits per heavy atom. The molecule has 1 atom stereocenters. The molecule has 2 aromatic carbocycles. The Hall–Kier alpha value is -2.78. The van der Waals surface area contributed by atoms with E-state index < -0.39 is 0 Å². The van der Waals surface area contributed by atoms with Gasteiger partial charge in [0.1, 0.15) is 17.0 Å². The second kappa shape index (κ2) is 8.99. The van der Waals surface area contributed by atoms with Crippen LogP contribution in [0.3, 0.4) is 0 Å². The molecule has 0 spiro atoms. The summed E-state index contributed by atoms with van der Waals surface area (Å²) in [7, 11) is 0. The Bertz CT molecular complexity index is 1150. The summed E-state index contributed by atoms with van der Waals surface area (Å²) in [5.41, 5.74) is 2.26. The molecule has 3 aromatic rings. The number of benzene rings is 2. The number of piperazine rings is 1. The van der Waals surface area contributed by atoms with Crippen LogP contribution in [0.1, 0.15) is 23.0 Å². The number of hydrogen-bond donors (Lipinski definition) is 1. The molecular formula is C22H21Cl2N4O4-. The third-order valence-corrected chi connectivity index (χ3v) is 6.22. The molecule has 0 aliphatic carbocycles. The number of halogens is 2. The fourth-order valence-corrected chi connectivity index (χ4v) is 4.47. The average Bonchev–Trinajstić information content (AvgIpc) is 3.14. The molecule has 1 aliphatic rings. The number of hydrogen-bond acceptors (Lipinski definition) is 7. The Balaban J connectivity index is 1.56. The zero-order valence-corrected chi connectivity index (χ0v) is 19.0. The summed E-state index contributed by atoms with van der Waals surface area (Å²) in [6.07, 6.45) is 0. The van der Waals surface area contributed by atoms with Crippen LogP contribution in [0.2, 0.25) is 10.0 Å². The fraction of sp³-hybridized carbons (Fsp3) is 0.273. The first-order chi connectivity index (χ1) is 15.3. The van der Waals surface area contributed by atoms with Crippen LogP contribution in [-0.4, -0.2) is 46.8 Å². The van der Waals surface area contributed by atoms with Crippen molar-refractivity contribution < 1.29 is 14.5 Å². The van der Waals surface area contributed by atoms with Crippen LogP contribution in [0.5, 0.6) is 0 Å². The lowest BCUT2D eigenvalue weighted by molar-refractivity contribution is 0.0673. The van der Waals surface area contributed by atoms with Crippen LogP contribution in [0.25, 0.3) is 11.3 Å². The number of amides is 1. The van der Waals surface area contributed by atoms with Gasteiger partial charge in [-0.1, -0.05) is 46.6 Å². The predicted octanol–water partition coefficient (Wildman–Crippen LogP) is 5.00. The summed E-state index contributed by atoms with van der Waals surface area (Å²) >= 11 is 12.7. The van der Waals surface area contributed by atoms with Crippen LogP contribution in [0, 0.1) is 12.1 Å². The summed E-state index contributed by atoms with van der Waals surface area (Å²) in [6.45, 7) is 5.21. The van der Waals surface area contributed by atoms with Crippen LogP contribution in [0.15, 0.2) is 47.0 Å². The number of rotatable bonds is 4. The maximum Gasteiger partial charge on any atom is 0.260 e. The van der Waals surface area contributed by atoms with Gasteiger partial charge in [-0.2, -0.15) is 0 Å². The Kier molecular flexibility index (Phi) is 6.30. The molecule has 0 radical (unpaired) electrons. The molecule has 1 amide bonds. The van der Waals surface area contributed by atoms with E-state index >= 15 is 0 Å². The van der Waals surface area contributed by atoms with Gasteiger partial charge in [0.05, 0.1) is 21.4 Å². The van der Waals surface area contributed by atoms with Gasteiger partial charge in [0.15, 0.2) is 0 Å². The summed E-state index contributed by atoms with van der Waals surface area (Å²) in [5.74, 6) is 0.263. The van der Waals surface area contributed by atoms with E-state index in [1.165, 1.54) is 12.1 Å². The maximum atomic E-state index is 13.5. The lowest BCUT2D eigenvalue weighted by Gasteiger charge is -2.41. The second-order valence-corrected chi connectivity index (χ2v) is 8.46. The topological polar surface area (TPSA) is 96.1 Å². The molecule has 1 fully saturated rings. The molecule has 4 rings (SSSR count). The first-order valence-electron chi connectivity index (χ1n) is 10.0. The quantitative estimate of drug-likeness (QED) is 0.530. The van der Waals surface area contributed by atoms with E-state index in [2.05, 4.69) is 5.16 Å². The first-order valence-corrected chi connectivity index (χ1v) is 10.8. The minimum Gasteiger partial charge on any atom is -0.733 e. The molecule has 0 bridgehead atoms. The number of aromatic nitrogens is 1. The summed E-state index contributed by atoms with van der Waals surface area (Å²) in [5, 5.41) is 24.9. The van der Waals surface area contributed by atoms with Gasteiger partial charge in [-0.25, -0.2) is 0 Å². The van der Waals surface area contributed by atoms with Crippen molar-refractivity contribution in [1.29, 1.82) is 0 Å². The van der Waals surface area contributed by atoms with Crippen molar-refractivity contribution in [2.75, 3.05) is 29.8 Å². The third kappa shape index (κ3) is 4.14. The molecule has 1 N–H and O–H groups in total. The lowest BCUT2D eigenvalue weighted by atomic mass is 10.0. The second-order valence-electron chi connectivity index (χ2n) is 7.64. The molecule has 0 saturated carbocycles. The van der Waals surface area contributed by atoms with Gasteiger partial charge in [0.2, 0.25) is 0 Å². The van der Waals surface area contributed by atoms with Gasteiger partial charge in [-0.3, -0.25) is 10.0 Å². The highest BCUT2D eigenvalue weighted by Crippen LogP contribution is 2.34. The van der Waals surface area contributed by atoms with Crippen LogP contribution >= 0.6 is 23.2 Å². The molecule has 1 saturated heterocycles. The molecular weight excluding hydrogens is 455 g/mol. The van der Waals surface area contributed by atoms with Gasteiger partial charge in [0.25, 0.3) is 5.91 Å². The summed E-state index contributed by atoms with van der Waals surface area (Å²) in [6, 6.07) is 11.6. The van der Waals surface area contributed by atoms with E-state index in [1.54, 1.807) is 30.0 Å². The Morgan fingerprint density at radius 1 is 1.22 bits per heavy atom. The largest absolute Gasteiger partial charge is 0.733 e. The van der Waals surface area contributed by atoms with E-state index in [4.69, 9.17) is 32.9 Å². The van der Waals surface area contributed by atoms with Crippen molar-refractivity contribution in [3.63, 3.8) is 0 Å². The highest BCUT2D eigenvalue weighted by Gasteiger charge is 2.33. The van der Waals surface area contributed by atoms with Crippen LogP contribution in [-0.2, 0) is 0 Å². The molecule has 1 aliphatic heterocycles. The number of nitrogens with zero attached hydrogens (tertiary/aromatic N) is 4. The fourth-order valence-electron chi connectivity index (χ4n) is 3.95.